The first-order valence-corrected chi connectivity index (χ1v) is 11.0. The second kappa shape index (κ2) is 11.0. The van der Waals surface area contributed by atoms with E-state index in [9.17, 15) is 14.9 Å². The summed E-state index contributed by atoms with van der Waals surface area (Å²) in [6.45, 7) is 1.50. The quantitative estimate of drug-likeness (QED) is 0.324. The van der Waals surface area contributed by atoms with E-state index in [-0.39, 0.29) is 13.2 Å². The molecule has 2 heterocycles. The van der Waals surface area contributed by atoms with Gasteiger partial charge in [-0.1, -0.05) is 60.7 Å². The van der Waals surface area contributed by atoms with E-state index in [0.29, 0.717) is 0 Å². The van der Waals surface area contributed by atoms with E-state index in [1.807, 2.05) is 60.7 Å². The monoisotopic (exact) mass is 473 g/mol. The van der Waals surface area contributed by atoms with Crippen LogP contribution in [0.25, 0.3) is 0 Å². The Morgan fingerprint density at radius 1 is 1.09 bits per heavy atom. The van der Waals surface area contributed by atoms with Gasteiger partial charge in [0, 0.05) is 24.5 Å². The number of benzene rings is 2. The minimum Gasteiger partial charge on any atom is -0.451 e. The summed E-state index contributed by atoms with van der Waals surface area (Å²) in [5.41, 5.74) is 1.67. The van der Waals surface area contributed by atoms with Crippen LogP contribution in [0.1, 0.15) is 24.3 Å². The van der Waals surface area contributed by atoms with Crippen molar-refractivity contribution >= 4 is 5.97 Å². The van der Waals surface area contributed by atoms with Crippen LogP contribution in [-0.4, -0.2) is 61.4 Å². The third-order valence-electron chi connectivity index (χ3n) is 5.78. The van der Waals surface area contributed by atoms with E-state index in [0.717, 1.165) is 11.1 Å². The lowest BCUT2D eigenvalue weighted by Gasteiger charge is -2.48. The van der Waals surface area contributed by atoms with Crippen LogP contribution >= 0.6 is 0 Å². The molecule has 2 saturated heterocycles. The molecule has 2 aromatic carbocycles. The fraction of sp³-hybridized carbons (Fsp3) is 0.458. The van der Waals surface area contributed by atoms with E-state index in [1.165, 1.54) is 14.0 Å². The molecule has 0 radical (unpaired) electrons. The highest BCUT2D eigenvalue weighted by molar-refractivity contribution is 5.74. The predicted molar refractivity (Wildman–Crippen MR) is 117 cm³/mol. The fourth-order valence-electron chi connectivity index (χ4n) is 3.91. The molecule has 0 saturated carbocycles. The van der Waals surface area contributed by atoms with E-state index in [4.69, 9.17) is 28.4 Å². The zero-order chi connectivity index (χ0) is 24.1. The summed E-state index contributed by atoms with van der Waals surface area (Å²) in [6.07, 6.45) is -5.00. The van der Waals surface area contributed by atoms with Gasteiger partial charge in [0.1, 0.15) is 18.3 Å². The number of methoxy groups -OCH3 is 1. The largest absolute Gasteiger partial charge is 0.451 e. The maximum atomic E-state index is 12.6. The number of carbonyl (C=O) groups excluding carboxylic acids is 1. The van der Waals surface area contributed by atoms with Crippen molar-refractivity contribution in [3.05, 3.63) is 81.9 Å². The molecular formula is C24H27NO9. The van der Waals surface area contributed by atoms with E-state index >= 15 is 0 Å². The molecule has 34 heavy (non-hydrogen) atoms. The zero-order valence-corrected chi connectivity index (χ0v) is 18.9. The number of ether oxygens (including phenoxy) is 6. The fourth-order valence-corrected chi connectivity index (χ4v) is 3.91. The Labute approximate surface area is 196 Å². The lowest BCUT2D eigenvalue weighted by atomic mass is 9.97. The summed E-state index contributed by atoms with van der Waals surface area (Å²) >= 11 is 0. The van der Waals surface area contributed by atoms with Crippen LogP contribution in [0.4, 0.5) is 0 Å². The lowest BCUT2D eigenvalue weighted by Crippen LogP contribution is -2.64. The number of nitrogens with zero attached hydrogens (tertiary/aromatic N) is 1. The van der Waals surface area contributed by atoms with Crippen LogP contribution in [0.15, 0.2) is 60.7 Å². The first-order chi connectivity index (χ1) is 16.5. The van der Waals surface area contributed by atoms with Crippen LogP contribution in [0, 0.1) is 10.1 Å². The number of fused-ring (bicyclic) bond motifs is 1. The topological polar surface area (TPSA) is 116 Å². The molecule has 0 aliphatic carbocycles. The van der Waals surface area contributed by atoms with Crippen molar-refractivity contribution < 1.29 is 38.1 Å². The normalized spacial score (nSPS) is 29.6. The maximum absolute atomic E-state index is 12.6. The Morgan fingerprint density at radius 3 is 2.41 bits per heavy atom. The highest BCUT2D eigenvalue weighted by atomic mass is 16.8. The average molecular weight is 473 g/mol. The zero-order valence-electron chi connectivity index (χ0n) is 18.9. The SMILES string of the molecule is CO[C@H]1O[C@@H]2COC(c3ccccc3)O[C@H]2[C@H](OC(=O)C(C)[N+](=O)[O-])[C@H]1OCc1ccccc1. The van der Waals surface area contributed by atoms with Crippen LogP contribution in [0.2, 0.25) is 0 Å². The number of hydrogen-bond acceptors (Lipinski definition) is 9. The minimum atomic E-state index is -1.55. The third kappa shape index (κ3) is 5.43. The molecule has 0 N–H and O–H groups in total. The Kier molecular flexibility index (Phi) is 7.86. The Morgan fingerprint density at radius 2 is 1.76 bits per heavy atom. The highest BCUT2D eigenvalue weighted by Gasteiger charge is 2.53. The molecule has 7 atom stereocenters. The molecule has 10 nitrogen and oxygen atoms in total. The first-order valence-electron chi connectivity index (χ1n) is 11.0. The van der Waals surface area contributed by atoms with Gasteiger partial charge >= 0.3 is 12.0 Å². The van der Waals surface area contributed by atoms with E-state index in [2.05, 4.69) is 0 Å². The highest BCUT2D eigenvalue weighted by Crippen LogP contribution is 2.37. The van der Waals surface area contributed by atoms with Gasteiger partial charge < -0.3 is 28.4 Å². The summed E-state index contributed by atoms with van der Waals surface area (Å²) < 4.78 is 35.3. The molecule has 0 aromatic heterocycles. The third-order valence-corrected chi connectivity index (χ3v) is 5.78. The average Bonchev–Trinajstić information content (AvgIpc) is 2.88. The van der Waals surface area contributed by atoms with Gasteiger partial charge in [0.05, 0.1) is 13.2 Å². The van der Waals surface area contributed by atoms with Gasteiger partial charge in [0.25, 0.3) is 0 Å². The number of hydrogen-bond donors (Lipinski definition) is 0. The number of nitro groups is 1. The van der Waals surface area contributed by atoms with Gasteiger partial charge in [-0.05, 0) is 5.56 Å². The van der Waals surface area contributed by atoms with Crippen LogP contribution in [0.3, 0.4) is 0 Å². The summed E-state index contributed by atoms with van der Waals surface area (Å²) in [7, 11) is 1.44. The molecule has 2 aromatic rings. The summed E-state index contributed by atoms with van der Waals surface area (Å²) in [5.74, 6) is -0.995. The molecule has 10 heteroatoms. The van der Waals surface area contributed by atoms with Crippen LogP contribution in [-0.2, 0) is 39.8 Å². The van der Waals surface area contributed by atoms with Crippen molar-refractivity contribution in [3.63, 3.8) is 0 Å². The second-order valence-corrected chi connectivity index (χ2v) is 8.08. The Balaban J connectivity index is 1.60. The summed E-state index contributed by atoms with van der Waals surface area (Å²) in [6, 6.07) is 17.2. The van der Waals surface area contributed by atoms with E-state index < -0.39 is 53.9 Å². The van der Waals surface area contributed by atoms with Gasteiger partial charge in [0.15, 0.2) is 18.7 Å². The van der Waals surface area contributed by atoms with Crippen molar-refractivity contribution in [1.29, 1.82) is 0 Å². The number of rotatable bonds is 8. The van der Waals surface area contributed by atoms with Crippen molar-refractivity contribution in [1.82, 2.24) is 0 Å². The number of carbonyl (C=O) groups is 1. The summed E-state index contributed by atoms with van der Waals surface area (Å²) in [5, 5.41) is 11.2. The van der Waals surface area contributed by atoms with Crippen molar-refractivity contribution in [2.75, 3.05) is 13.7 Å². The lowest BCUT2D eigenvalue weighted by molar-refractivity contribution is -0.507. The van der Waals surface area contributed by atoms with Crippen molar-refractivity contribution in [2.24, 2.45) is 0 Å². The molecule has 0 bridgehead atoms. The Bertz CT molecular complexity index is 951. The van der Waals surface area contributed by atoms with Gasteiger partial charge in [-0.3, -0.25) is 10.1 Å². The molecule has 2 fully saturated rings. The van der Waals surface area contributed by atoms with E-state index in [1.54, 1.807) is 0 Å². The standard InChI is InChI=1S/C24H27NO9/c1-15(25(27)28)22(26)33-20-19-18(14-31-23(34-19)17-11-7-4-8-12-17)32-24(29-2)21(20)30-13-16-9-5-3-6-10-16/h3-12,15,18-21,23-24H,13-14H2,1-2H3/t15?,18-,19-,20+,21-,23?,24+/m1/s1. The summed E-state index contributed by atoms with van der Waals surface area (Å²) in [4.78, 5) is 23.1. The molecule has 0 spiro atoms. The van der Waals surface area contributed by atoms with Gasteiger partial charge in [-0.2, -0.15) is 0 Å². The molecule has 4 rings (SSSR count). The van der Waals surface area contributed by atoms with Crippen molar-refractivity contribution in [3.8, 4) is 0 Å². The predicted octanol–water partition coefficient (Wildman–Crippen LogP) is 2.63. The molecule has 2 aliphatic heterocycles. The smallest absolute Gasteiger partial charge is 0.381 e. The Hall–Kier alpha value is -2.89. The second-order valence-electron chi connectivity index (χ2n) is 8.08. The molecular weight excluding hydrogens is 446 g/mol. The molecule has 182 valence electrons. The maximum Gasteiger partial charge on any atom is 0.381 e. The van der Waals surface area contributed by atoms with Gasteiger partial charge in [-0.25, -0.2) is 4.79 Å². The van der Waals surface area contributed by atoms with Gasteiger partial charge in [0.2, 0.25) is 0 Å². The van der Waals surface area contributed by atoms with Gasteiger partial charge in [-0.15, -0.1) is 0 Å². The molecule has 2 unspecified atom stereocenters. The molecule has 0 amide bonds. The first kappa shape index (κ1) is 24.2. The van der Waals surface area contributed by atoms with Crippen molar-refractivity contribution in [2.45, 2.75) is 56.6 Å². The molecule has 2 aliphatic rings. The number of esters is 1. The minimum absolute atomic E-state index is 0.147. The van der Waals surface area contributed by atoms with Crippen LogP contribution < -0.4 is 0 Å². The van der Waals surface area contributed by atoms with Crippen LogP contribution in [0.5, 0.6) is 0 Å².